The number of aromatic amines is 1. The number of nitrogens with zero attached hydrogens (tertiary/aromatic N) is 1. The van der Waals surface area contributed by atoms with Gasteiger partial charge < -0.3 is 10.7 Å². The van der Waals surface area contributed by atoms with Gasteiger partial charge in [-0.1, -0.05) is 15.9 Å². The molecule has 14 heavy (non-hydrogen) atoms. The summed E-state index contributed by atoms with van der Waals surface area (Å²) in [5, 5.41) is 9.76. The summed E-state index contributed by atoms with van der Waals surface area (Å²) in [5.41, 5.74) is 8.20. The number of hydrogen-bond acceptors (Lipinski definition) is 2. The molecular formula is C10H8BrN3. The minimum atomic E-state index is 0.431. The fraction of sp³-hybridized carbons (Fsp3) is 0.100. The second kappa shape index (κ2) is 3.03. The Morgan fingerprint density at radius 3 is 2.86 bits per heavy atom. The van der Waals surface area contributed by atoms with Gasteiger partial charge in [0.25, 0.3) is 0 Å². The molecule has 3 nitrogen and oxygen atoms in total. The second-order valence-electron chi connectivity index (χ2n) is 3.17. The molecular weight excluding hydrogens is 242 g/mol. The summed E-state index contributed by atoms with van der Waals surface area (Å²) in [5.74, 6) is 0.431. The van der Waals surface area contributed by atoms with Gasteiger partial charge in [-0.05, 0) is 24.6 Å². The van der Waals surface area contributed by atoms with Crippen LogP contribution in [0.15, 0.2) is 16.6 Å². The lowest BCUT2D eigenvalue weighted by atomic mass is 10.1. The first-order valence-electron chi connectivity index (χ1n) is 4.11. The van der Waals surface area contributed by atoms with Gasteiger partial charge in [-0.2, -0.15) is 5.26 Å². The van der Waals surface area contributed by atoms with Crippen molar-refractivity contribution in [1.82, 2.24) is 4.98 Å². The highest BCUT2D eigenvalue weighted by atomic mass is 79.9. The monoisotopic (exact) mass is 249 g/mol. The van der Waals surface area contributed by atoms with Gasteiger partial charge in [-0.25, -0.2) is 0 Å². The lowest BCUT2D eigenvalue weighted by Gasteiger charge is -1.97. The maximum atomic E-state index is 8.90. The lowest BCUT2D eigenvalue weighted by Crippen LogP contribution is -1.86. The summed E-state index contributed by atoms with van der Waals surface area (Å²) >= 11 is 3.42. The predicted octanol–water partition coefficient (Wildman–Crippen LogP) is 2.69. The molecule has 0 bridgehead atoms. The van der Waals surface area contributed by atoms with Crippen LogP contribution in [0.5, 0.6) is 0 Å². The molecule has 0 atom stereocenters. The summed E-state index contributed by atoms with van der Waals surface area (Å²) in [7, 11) is 0. The third kappa shape index (κ3) is 1.17. The Bertz CT molecular complexity index is 548. The van der Waals surface area contributed by atoms with Crippen LogP contribution in [0.2, 0.25) is 0 Å². The third-order valence-electron chi connectivity index (χ3n) is 2.22. The first-order valence-corrected chi connectivity index (χ1v) is 4.90. The fourth-order valence-corrected chi connectivity index (χ4v) is 1.81. The van der Waals surface area contributed by atoms with E-state index in [1.807, 2.05) is 19.1 Å². The average Bonchev–Trinajstić information content (AvgIpc) is 2.42. The van der Waals surface area contributed by atoms with Crippen molar-refractivity contribution < 1.29 is 0 Å². The van der Waals surface area contributed by atoms with E-state index >= 15 is 0 Å². The number of hydrogen-bond donors (Lipinski definition) is 2. The van der Waals surface area contributed by atoms with Crippen molar-refractivity contribution in [2.24, 2.45) is 0 Å². The Morgan fingerprint density at radius 1 is 1.50 bits per heavy atom. The number of halogens is 1. The molecule has 1 aromatic heterocycles. The van der Waals surface area contributed by atoms with Gasteiger partial charge in [-0.3, -0.25) is 0 Å². The molecule has 0 aliphatic carbocycles. The van der Waals surface area contributed by atoms with Gasteiger partial charge in [0.15, 0.2) is 0 Å². The number of aromatic nitrogens is 1. The van der Waals surface area contributed by atoms with Crippen molar-refractivity contribution in [3.05, 3.63) is 27.7 Å². The molecule has 0 aliphatic heterocycles. The molecule has 2 aromatic rings. The lowest BCUT2D eigenvalue weighted by molar-refractivity contribution is 1.42. The maximum Gasteiger partial charge on any atom is 0.119 e. The Morgan fingerprint density at radius 2 is 2.21 bits per heavy atom. The van der Waals surface area contributed by atoms with Crippen molar-refractivity contribution >= 4 is 32.7 Å². The Labute approximate surface area is 89.7 Å². The molecule has 1 heterocycles. The van der Waals surface area contributed by atoms with E-state index in [1.165, 1.54) is 0 Å². The smallest absolute Gasteiger partial charge is 0.119 e. The van der Waals surface area contributed by atoms with Crippen molar-refractivity contribution in [3.63, 3.8) is 0 Å². The predicted molar refractivity (Wildman–Crippen MR) is 59.9 cm³/mol. The fourth-order valence-electron chi connectivity index (χ4n) is 1.46. The highest BCUT2D eigenvalue weighted by Gasteiger charge is 2.09. The van der Waals surface area contributed by atoms with Crippen molar-refractivity contribution in [1.29, 1.82) is 5.26 Å². The number of H-pyrrole nitrogens is 1. The van der Waals surface area contributed by atoms with Crippen LogP contribution in [0.25, 0.3) is 10.9 Å². The van der Waals surface area contributed by atoms with Crippen LogP contribution >= 0.6 is 15.9 Å². The van der Waals surface area contributed by atoms with E-state index in [0.29, 0.717) is 11.4 Å². The van der Waals surface area contributed by atoms with Crippen LogP contribution in [0.1, 0.15) is 11.1 Å². The zero-order chi connectivity index (χ0) is 10.3. The van der Waals surface area contributed by atoms with Crippen LogP contribution in [0.3, 0.4) is 0 Å². The molecule has 0 unspecified atom stereocenters. The van der Waals surface area contributed by atoms with E-state index in [9.17, 15) is 0 Å². The SMILES string of the molecule is Cc1cc2[nH]c(N)c(C#N)c2cc1Br. The molecule has 3 N–H and O–H groups in total. The highest BCUT2D eigenvalue weighted by molar-refractivity contribution is 9.10. The number of nitrogen functional groups attached to an aromatic ring is 1. The zero-order valence-corrected chi connectivity index (χ0v) is 9.14. The van der Waals surface area contributed by atoms with Gasteiger partial charge in [0.2, 0.25) is 0 Å². The molecule has 4 heteroatoms. The number of nitrogens with one attached hydrogen (secondary N) is 1. The quantitative estimate of drug-likeness (QED) is 0.754. The number of fused-ring (bicyclic) bond motifs is 1. The molecule has 1 aromatic carbocycles. The molecule has 0 saturated heterocycles. The van der Waals surface area contributed by atoms with E-state index in [2.05, 4.69) is 27.0 Å². The van der Waals surface area contributed by atoms with E-state index in [0.717, 1.165) is 20.9 Å². The minimum absolute atomic E-state index is 0.431. The van der Waals surface area contributed by atoms with E-state index in [4.69, 9.17) is 11.0 Å². The van der Waals surface area contributed by atoms with Crippen molar-refractivity contribution in [3.8, 4) is 6.07 Å². The van der Waals surface area contributed by atoms with E-state index in [1.54, 1.807) is 0 Å². The van der Waals surface area contributed by atoms with Crippen LogP contribution in [-0.2, 0) is 0 Å². The van der Waals surface area contributed by atoms with Gasteiger partial charge in [0.05, 0.1) is 0 Å². The Kier molecular flexibility index (Phi) is 1.97. The van der Waals surface area contributed by atoms with Crippen molar-refractivity contribution in [2.45, 2.75) is 6.92 Å². The summed E-state index contributed by atoms with van der Waals surface area (Å²) in [6, 6.07) is 5.97. The molecule has 70 valence electrons. The largest absolute Gasteiger partial charge is 0.384 e. The average molecular weight is 250 g/mol. The van der Waals surface area contributed by atoms with E-state index in [-0.39, 0.29) is 0 Å². The Balaban J connectivity index is 2.91. The van der Waals surface area contributed by atoms with Crippen LogP contribution in [-0.4, -0.2) is 4.98 Å². The van der Waals surface area contributed by atoms with Gasteiger partial charge in [0, 0.05) is 15.4 Å². The summed E-state index contributed by atoms with van der Waals surface area (Å²) < 4.78 is 0.987. The van der Waals surface area contributed by atoms with Crippen LogP contribution in [0, 0.1) is 18.3 Å². The molecule has 0 radical (unpaired) electrons. The third-order valence-corrected chi connectivity index (χ3v) is 3.07. The minimum Gasteiger partial charge on any atom is -0.384 e. The highest BCUT2D eigenvalue weighted by Crippen LogP contribution is 2.28. The first-order chi connectivity index (χ1) is 6.63. The summed E-state index contributed by atoms with van der Waals surface area (Å²) in [6.45, 7) is 1.99. The standard InChI is InChI=1S/C10H8BrN3/c1-5-2-9-6(3-8(5)11)7(4-12)10(13)14-9/h2-3,14H,13H2,1H3. The first kappa shape index (κ1) is 9.10. The number of anilines is 1. The topological polar surface area (TPSA) is 65.6 Å². The van der Waals surface area contributed by atoms with Gasteiger partial charge in [-0.15, -0.1) is 0 Å². The number of nitrogens with two attached hydrogens (primary N) is 1. The maximum absolute atomic E-state index is 8.90. The molecule has 0 saturated carbocycles. The summed E-state index contributed by atoms with van der Waals surface area (Å²) in [4.78, 5) is 2.98. The van der Waals surface area contributed by atoms with E-state index < -0.39 is 0 Å². The van der Waals surface area contributed by atoms with Crippen LogP contribution < -0.4 is 5.73 Å². The summed E-state index contributed by atoms with van der Waals surface area (Å²) in [6.07, 6.45) is 0. The normalized spacial score (nSPS) is 10.4. The van der Waals surface area contributed by atoms with Gasteiger partial charge in [0.1, 0.15) is 17.5 Å². The zero-order valence-electron chi connectivity index (χ0n) is 7.56. The molecule has 0 fully saturated rings. The number of benzene rings is 1. The molecule has 2 rings (SSSR count). The number of nitriles is 1. The molecule has 0 amide bonds. The van der Waals surface area contributed by atoms with Gasteiger partial charge >= 0.3 is 0 Å². The second-order valence-corrected chi connectivity index (χ2v) is 4.03. The number of rotatable bonds is 0. The van der Waals surface area contributed by atoms with Crippen LogP contribution in [0.4, 0.5) is 5.82 Å². The number of aryl methyl sites for hydroxylation is 1. The van der Waals surface area contributed by atoms with Crippen molar-refractivity contribution in [2.75, 3.05) is 5.73 Å². The Hall–Kier alpha value is -1.47. The molecule has 0 spiro atoms. The molecule has 0 aliphatic rings.